The van der Waals surface area contributed by atoms with E-state index in [-0.39, 0.29) is 18.0 Å². The van der Waals surface area contributed by atoms with Gasteiger partial charge in [0.2, 0.25) is 5.91 Å². The number of amides is 1. The maximum absolute atomic E-state index is 11.9. The van der Waals surface area contributed by atoms with Gasteiger partial charge in [0, 0.05) is 10.5 Å². The molecule has 0 saturated carbocycles. The van der Waals surface area contributed by atoms with Crippen LogP contribution >= 0.6 is 15.9 Å². The molecule has 1 amide bonds. The highest BCUT2D eigenvalue weighted by atomic mass is 79.9. The maximum atomic E-state index is 11.9. The number of halogens is 1. The number of nitrogens with one attached hydrogen (secondary N) is 2. The summed E-state index contributed by atoms with van der Waals surface area (Å²) in [6, 6.07) is 8.41. The number of carbonyl (C=O) groups is 1. The molecule has 3 nitrogen and oxygen atoms in total. The van der Waals surface area contributed by atoms with Crippen LogP contribution in [0, 0.1) is 0 Å². The van der Waals surface area contributed by atoms with Crippen LogP contribution in [0.4, 0.5) is 0 Å². The van der Waals surface area contributed by atoms with Gasteiger partial charge in [-0.15, -0.1) is 0 Å². The van der Waals surface area contributed by atoms with Crippen LogP contribution in [0.5, 0.6) is 0 Å². The lowest BCUT2D eigenvalue weighted by Gasteiger charge is -2.17. The van der Waals surface area contributed by atoms with Crippen LogP contribution in [0.2, 0.25) is 0 Å². The van der Waals surface area contributed by atoms with E-state index in [9.17, 15) is 4.79 Å². The molecule has 98 valence electrons. The Morgan fingerprint density at radius 3 is 2.83 bits per heavy atom. The first kappa shape index (κ1) is 13.6. The van der Waals surface area contributed by atoms with Crippen LogP contribution in [0.15, 0.2) is 28.7 Å². The lowest BCUT2D eigenvalue weighted by atomic mass is 10.1. The Morgan fingerprint density at radius 1 is 1.50 bits per heavy atom. The predicted molar refractivity (Wildman–Crippen MR) is 76.5 cm³/mol. The zero-order chi connectivity index (χ0) is 13.0. The Morgan fingerprint density at radius 2 is 2.22 bits per heavy atom. The first-order valence-electron chi connectivity index (χ1n) is 6.43. The first-order valence-corrected chi connectivity index (χ1v) is 7.22. The van der Waals surface area contributed by atoms with E-state index in [0.29, 0.717) is 0 Å². The molecule has 2 rings (SSSR count). The zero-order valence-electron chi connectivity index (χ0n) is 10.6. The highest BCUT2D eigenvalue weighted by molar-refractivity contribution is 9.10. The third-order valence-corrected chi connectivity index (χ3v) is 3.75. The normalized spacial score (nSPS) is 20.7. The second-order valence-electron chi connectivity index (χ2n) is 4.89. The van der Waals surface area contributed by atoms with Gasteiger partial charge in [0.05, 0.1) is 6.04 Å². The average Bonchev–Trinajstić information content (AvgIpc) is 2.85. The van der Waals surface area contributed by atoms with Crippen LogP contribution in [-0.4, -0.2) is 24.5 Å². The number of hydrogen-bond donors (Lipinski definition) is 2. The SMILES string of the molecule is CC(Cc1ccc(Br)cc1)NC(=O)C1CCCN1. The van der Waals surface area contributed by atoms with Crippen LogP contribution in [0.1, 0.15) is 25.3 Å². The molecule has 2 N–H and O–H groups in total. The predicted octanol–water partition coefficient (Wildman–Crippen LogP) is 2.25. The van der Waals surface area contributed by atoms with Gasteiger partial charge in [-0.05, 0) is 50.4 Å². The second-order valence-corrected chi connectivity index (χ2v) is 5.80. The van der Waals surface area contributed by atoms with Crippen molar-refractivity contribution in [2.75, 3.05) is 6.54 Å². The van der Waals surface area contributed by atoms with Gasteiger partial charge in [0.25, 0.3) is 0 Å². The van der Waals surface area contributed by atoms with Gasteiger partial charge in [-0.1, -0.05) is 28.1 Å². The molecule has 18 heavy (non-hydrogen) atoms. The molecule has 1 aliphatic heterocycles. The standard InChI is InChI=1S/C14H19BrN2O/c1-10(9-11-4-6-12(15)7-5-11)17-14(18)13-3-2-8-16-13/h4-7,10,13,16H,2-3,8-9H2,1H3,(H,17,18). The van der Waals surface area contributed by atoms with Crippen molar-refractivity contribution in [1.82, 2.24) is 10.6 Å². The lowest BCUT2D eigenvalue weighted by molar-refractivity contribution is -0.123. The maximum Gasteiger partial charge on any atom is 0.237 e. The Bertz CT molecular complexity index is 399. The molecule has 2 atom stereocenters. The summed E-state index contributed by atoms with van der Waals surface area (Å²) in [4.78, 5) is 11.9. The van der Waals surface area contributed by atoms with E-state index in [2.05, 4.69) is 45.6 Å². The van der Waals surface area contributed by atoms with Gasteiger partial charge in [0.1, 0.15) is 0 Å². The molecule has 1 saturated heterocycles. The quantitative estimate of drug-likeness (QED) is 0.895. The summed E-state index contributed by atoms with van der Waals surface area (Å²) in [5, 5.41) is 6.29. The summed E-state index contributed by atoms with van der Waals surface area (Å²) < 4.78 is 1.08. The Balaban J connectivity index is 1.82. The van der Waals surface area contributed by atoms with E-state index in [4.69, 9.17) is 0 Å². The molecular formula is C14H19BrN2O. The summed E-state index contributed by atoms with van der Waals surface area (Å²) in [5.74, 6) is 0.136. The molecule has 2 unspecified atom stereocenters. The Labute approximate surface area is 116 Å². The average molecular weight is 311 g/mol. The number of carbonyl (C=O) groups excluding carboxylic acids is 1. The van der Waals surface area contributed by atoms with E-state index in [1.54, 1.807) is 0 Å². The van der Waals surface area contributed by atoms with E-state index in [1.807, 2.05) is 12.1 Å². The third-order valence-electron chi connectivity index (χ3n) is 3.22. The Kier molecular flexibility index (Phi) is 4.78. The minimum absolute atomic E-state index is 0.0115. The van der Waals surface area contributed by atoms with E-state index in [1.165, 1.54) is 5.56 Å². The van der Waals surface area contributed by atoms with Gasteiger partial charge in [-0.25, -0.2) is 0 Å². The summed E-state index contributed by atoms with van der Waals surface area (Å²) >= 11 is 3.42. The van der Waals surface area contributed by atoms with Crippen molar-refractivity contribution < 1.29 is 4.79 Å². The van der Waals surface area contributed by atoms with Gasteiger partial charge < -0.3 is 10.6 Å². The van der Waals surface area contributed by atoms with E-state index in [0.717, 1.165) is 30.3 Å². The highest BCUT2D eigenvalue weighted by Crippen LogP contribution is 2.12. The van der Waals surface area contributed by atoms with Crippen molar-refractivity contribution in [2.45, 2.75) is 38.3 Å². The largest absolute Gasteiger partial charge is 0.352 e. The third kappa shape index (κ3) is 3.82. The van der Waals surface area contributed by atoms with Crippen LogP contribution < -0.4 is 10.6 Å². The molecule has 0 radical (unpaired) electrons. The van der Waals surface area contributed by atoms with Crippen LogP contribution in [-0.2, 0) is 11.2 Å². The monoisotopic (exact) mass is 310 g/mol. The molecular weight excluding hydrogens is 292 g/mol. The molecule has 1 aromatic rings. The number of benzene rings is 1. The Hall–Kier alpha value is -0.870. The van der Waals surface area contributed by atoms with E-state index >= 15 is 0 Å². The fourth-order valence-corrected chi connectivity index (χ4v) is 2.54. The molecule has 0 bridgehead atoms. The van der Waals surface area contributed by atoms with Gasteiger partial charge in [-0.3, -0.25) is 4.79 Å². The van der Waals surface area contributed by atoms with Crippen molar-refractivity contribution in [3.63, 3.8) is 0 Å². The number of rotatable bonds is 4. The zero-order valence-corrected chi connectivity index (χ0v) is 12.2. The fraction of sp³-hybridized carbons (Fsp3) is 0.500. The summed E-state index contributed by atoms with van der Waals surface area (Å²) in [6.07, 6.45) is 2.92. The highest BCUT2D eigenvalue weighted by Gasteiger charge is 2.22. The van der Waals surface area contributed by atoms with Crippen molar-refractivity contribution in [2.24, 2.45) is 0 Å². The molecule has 1 fully saturated rings. The summed E-state index contributed by atoms with van der Waals surface area (Å²) in [6.45, 7) is 3.01. The van der Waals surface area contributed by atoms with Crippen molar-refractivity contribution in [3.8, 4) is 0 Å². The van der Waals surface area contributed by atoms with Gasteiger partial charge in [0.15, 0.2) is 0 Å². The van der Waals surface area contributed by atoms with Crippen molar-refractivity contribution >= 4 is 21.8 Å². The molecule has 0 spiro atoms. The fourth-order valence-electron chi connectivity index (χ4n) is 2.28. The molecule has 1 aliphatic rings. The molecule has 0 aliphatic carbocycles. The van der Waals surface area contributed by atoms with Crippen molar-refractivity contribution in [1.29, 1.82) is 0 Å². The van der Waals surface area contributed by atoms with Gasteiger partial charge in [-0.2, -0.15) is 0 Å². The smallest absolute Gasteiger partial charge is 0.237 e. The van der Waals surface area contributed by atoms with Crippen LogP contribution in [0.3, 0.4) is 0 Å². The van der Waals surface area contributed by atoms with E-state index < -0.39 is 0 Å². The first-order chi connectivity index (χ1) is 8.65. The minimum atomic E-state index is 0.0115. The second kappa shape index (κ2) is 6.34. The topological polar surface area (TPSA) is 41.1 Å². The van der Waals surface area contributed by atoms with Crippen LogP contribution in [0.25, 0.3) is 0 Å². The van der Waals surface area contributed by atoms with Gasteiger partial charge >= 0.3 is 0 Å². The summed E-state index contributed by atoms with van der Waals surface area (Å²) in [5.41, 5.74) is 1.24. The molecule has 1 aromatic carbocycles. The lowest BCUT2D eigenvalue weighted by Crippen LogP contribution is -2.44. The van der Waals surface area contributed by atoms with Crippen molar-refractivity contribution in [3.05, 3.63) is 34.3 Å². The molecule has 4 heteroatoms. The molecule has 1 heterocycles. The number of hydrogen-bond acceptors (Lipinski definition) is 2. The summed E-state index contributed by atoms with van der Waals surface area (Å²) in [7, 11) is 0. The molecule has 0 aromatic heterocycles. The minimum Gasteiger partial charge on any atom is -0.352 e.